The van der Waals surface area contributed by atoms with Gasteiger partial charge >= 0.3 is 0 Å². The number of rotatable bonds is 4. The standard InChI is InChI=1S/C12H15ClN2O2S/c1-3-14-11(16)7-15(2)12(17)9-6-8(18)4-5-10(9)13/h4-6,18H,3,7H2,1-2H3,(H,14,16). The Balaban J connectivity index is 2.80. The molecule has 0 spiro atoms. The van der Waals surface area contributed by atoms with Crippen molar-refractivity contribution < 1.29 is 9.59 Å². The quantitative estimate of drug-likeness (QED) is 0.830. The van der Waals surface area contributed by atoms with Gasteiger partial charge in [0.05, 0.1) is 17.1 Å². The van der Waals surface area contributed by atoms with Crippen LogP contribution >= 0.6 is 24.2 Å². The van der Waals surface area contributed by atoms with E-state index in [0.29, 0.717) is 22.0 Å². The number of nitrogens with zero attached hydrogens (tertiary/aromatic N) is 1. The highest BCUT2D eigenvalue weighted by Gasteiger charge is 2.17. The van der Waals surface area contributed by atoms with Crippen LogP contribution in [-0.4, -0.2) is 36.9 Å². The molecule has 0 aliphatic carbocycles. The minimum absolute atomic E-state index is 0.000197. The van der Waals surface area contributed by atoms with Gasteiger partial charge < -0.3 is 10.2 Å². The number of benzene rings is 1. The second-order valence-electron chi connectivity index (χ2n) is 3.78. The summed E-state index contributed by atoms with van der Waals surface area (Å²) < 4.78 is 0. The lowest BCUT2D eigenvalue weighted by Crippen LogP contribution is -2.38. The zero-order valence-corrected chi connectivity index (χ0v) is 11.9. The van der Waals surface area contributed by atoms with Gasteiger partial charge in [-0.15, -0.1) is 12.6 Å². The van der Waals surface area contributed by atoms with Crippen molar-refractivity contribution in [3.63, 3.8) is 0 Å². The van der Waals surface area contributed by atoms with E-state index in [0.717, 1.165) is 0 Å². The molecule has 1 aromatic rings. The van der Waals surface area contributed by atoms with Crippen molar-refractivity contribution in [2.45, 2.75) is 11.8 Å². The maximum atomic E-state index is 12.1. The molecule has 0 fully saturated rings. The highest BCUT2D eigenvalue weighted by Crippen LogP contribution is 2.20. The third-order valence-electron chi connectivity index (χ3n) is 2.28. The number of thiol groups is 1. The molecule has 0 bridgehead atoms. The fraction of sp³-hybridized carbons (Fsp3) is 0.333. The van der Waals surface area contributed by atoms with Crippen molar-refractivity contribution in [1.29, 1.82) is 0 Å². The molecule has 0 atom stereocenters. The van der Waals surface area contributed by atoms with E-state index in [9.17, 15) is 9.59 Å². The van der Waals surface area contributed by atoms with Gasteiger partial charge in [0.15, 0.2) is 0 Å². The van der Waals surface area contributed by atoms with Crippen LogP contribution < -0.4 is 5.32 Å². The molecule has 0 aliphatic heterocycles. The number of hydrogen-bond donors (Lipinski definition) is 2. The molecule has 6 heteroatoms. The molecule has 1 aromatic carbocycles. The van der Waals surface area contributed by atoms with Gasteiger partial charge in [-0.1, -0.05) is 11.6 Å². The Bertz CT molecular complexity index is 465. The molecule has 98 valence electrons. The number of amides is 2. The molecule has 0 aromatic heterocycles. The first-order valence-electron chi connectivity index (χ1n) is 5.46. The average molecular weight is 287 g/mol. The highest BCUT2D eigenvalue weighted by atomic mass is 35.5. The lowest BCUT2D eigenvalue weighted by atomic mass is 10.2. The van der Waals surface area contributed by atoms with Gasteiger partial charge in [0, 0.05) is 18.5 Å². The molecule has 0 radical (unpaired) electrons. The molecule has 1 rings (SSSR count). The van der Waals surface area contributed by atoms with Crippen LogP contribution in [-0.2, 0) is 4.79 Å². The van der Waals surface area contributed by atoms with Gasteiger partial charge in [-0.3, -0.25) is 9.59 Å². The van der Waals surface area contributed by atoms with Crippen LogP contribution in [0.2, 0.25) is 5.02 Å². The molecule has 0 unspecified atom stereocenters. The lowest BCUT2D eigenvalue weighted by molar-refractivity contribution is -0.121. The van der Waals surface area contributed by atoms with Crippen LogP contribution in [0.25, 0.3) is 0 Å². The van der Waals surface area contributed by atoms with Gasteiger partial charge in [0.25, 0.3) is 5.91 Å². The van der Waals surface area contributed by atoms with Gasteiger partial charge in [-0.05, 0) is 25.1 Å². The Morgan fingerprint density at radius 3 is 2.72 bits per heavy atom. The summed E-state index contributed by atoms with van der Waals surface area (Å²) in [7, 11) is 1.55. The van der Waals surface area contributed by atoms with Crippen molar-refractivity contribution in [3.8, 4) is 0 Å². The summed E-state index contributed by atoms with van der Waals surface area (Å²) >= 11 is 10.1. The van der Waals surface area contributed by atoms with Crippen LogP contribution in [0.4, 0.5) is 0 Å². The summed E-state index contributed by atoms with van der Waals surface area (Å²) in [5.74, 6) is -0.506. The molecular formula is C12H15ClN2O2S. The molecule has 4 nitrogen and oxygen atoms in total. The Hall–Kier alpha value is -1.20. The normalized spacial score (nSPS) is 10.0. The van der Waals surface area contributed by atoms with Crippen LogP contribution in [0.1, 0.15) is 17.3 Å². The monoisotopic (exact) mass is 286 g/mol. The third kappa shape index (κ3) is 3.92. The molecule has 0 saturated heterocycles. The summed E-state index contributed by atoms with van der Waals surface area (Å²) in [5, 5.41) is 2.98. The lowest BCUT2D eigenvalue weighted by Gasteiger charge is -2.17. The third-order valence-corrected chi connectivity index (χ3v) is 2.89. The Morgan fingerprint density at radius 1 is 1.44 bits per heavy atom. The van der Waals surface area contributed by atoms with Crippen LogP contribution in [0.15, 0.2) is 23.1 Å². The molecular weight excluding hydrogens is 272 g/mol. The zero-order chi connectivity index (χ0) is 13.7. The second-order valence-corrected chi connectivity index (χ2v) is 4.70. The van der Waals surface area contributed by atoms with Crippen molar-refractivity contribution in [2.24, 2.45) is 0 Å². The first-order valence-corrected chi connectivity index (χ1v) is 6.29. The van der Waals surface area contributed by atoms with E-state index < -0.39 is 0 Å². The fourth-order valence-corrected chi connectivity index (χ4v) is 1.83. The summed E-state index contributed by atoms with van der Waals surface area (Å²) in [6, 6.07) is 4.89. The molecule has 0 aliphatic rings. The van der Waals surface area contributed by atoms with Crippen molar-refractivity contribution >= 4 is 36.0 Å². The predicted octanol–water partition coefficient (Wildman–Crippen LogP) is 1.84. The Kier molecular flexibility index (Phi) is 5.50. The number of hydrogen-bond acceptors (Lipinski definition) is 3. The first-order chi connectivity index (χ1) is 8.45. The molecule has 1 N–H and O–H groups in total. The number of likely N-dealkylation sites (N-methyl/N-ethyl adjacent to an activating group) is 2. The van der Waals surface area contributed by atoms with Gasteiger partial charge in [-0.2, -0.15) is 0 Å². The minimum atomic E-state index is -0.304. The SMILES string of the molecule is CCNC(=O)CN(C)C(=O)c1cc(S)ccc1Cl. The van der Waals surface area contributed by atoms with E-state index in [4.69, 9.17) is 11.6 Å². The zero-order valence-electron chi connectivity index (χ0n) is 10.2. The second kappa shape index (κ2) is 6.66. The highest BCUT2D eigenvalue weighted by molar-refractivity contribution is 7.80. The van der Waals surface area contributed by atoms with Crippen LogP contribution in [0.5, 0.6) is 0 Å². The van der Waals surface area contributed by atoms with E-state index in [2.05, 4.69) is 17.9 Å². The summed E-state index contributed by atoms with van der Waals surface area (Å²) in [6.07, 6.45) is 0. The first kappa shape index (κ1) is 14.9. The smallest absolute Gasteiger partial charge is 0.255 e. The number of nitrogens with one attached hydrogen (secondary N) is 1. The van der Waals surface area contributed by atoms with E-state index in [1.807, 2.05) is 6.92 Å². The van der Waals surface area contributed by atoms with Gasteiger partial charge in [0.1, 0.15) is 0 Å². The number of carbonyl (C=O) groups excluding carboxylic acids is 2. The minimum Gasteiger partial charge on any atom is -0.355 e. The van der Waals surface area contributed by atoms with Crippen molar-refractivity contribution in [2.75, 3.05) is 20.1 Å². The Labute approximate surface area is 117 Å². The maximum absolute atomic E-state index is 12.1. The molecule has 18 heavy (non-hydrogen) atoms. The molecule has 0 heterocycles. The summed E-state index contributed by atoms with van der Waals surface area (Å²) in [5.41, 5.74) is 0.343. The number of carbonyl (C=O) groups is 2. The molecule has 0 saturated carbocycles. The van der Waals surface area contributed by atoms with E-state index in [1.165, 1.54) is 4.90 Å². The summed E-state index contributed by atoms with van der Waals surface area (Å²) in [6.45, 7) is 2.36. The predicted molar refractivity (Wildman–Crippen MR) is 74.3 cm³/mol. The van der Waals surface area contributed by atoms with Gasteiger partial charge in [0.2, 0.25) is 5.91 Å². The largest absolute Gasteiger partial charge is 0.355 e. The maximum Gasteiger partial charge on any atom is 0.255 e. The average Bonchev–Trinajstić information content (AvgIpc) is 2.31. The van der Waals surface area contributed by atoms with E-state index in [1.54, 1.807) is 25.2 Å². The van der Waals surface area contributed by atoms with Crippen LogP contribution in [0, 0.1) is 0 Å². The van der Waals surface area contributed by atoms with Crippen molar-refractivity contribution in [1.82, 2.24) is 10.2 Å². The van der Waals surface area contributed by atoms with E-state index >= 15 is 0 Å². The number of halogens is 1. The van der Waals surface area contributed by atoms with E-state index in [-0.39, 0.29) is 18.4 Å². The summed E-state index contributed by atoms with van der Waals surface area (Å²) in [4.78, 5) is 25.4. The van der Waals surface area contributed by atoms with Crippen molar-refractivity contribution in [3.05, 3.63) is 28.8 Å². The topological polar surface area (TPSA) is 49.4 Å². The van der Waals surface area contributed by atoms with Crippen LogP contribution in [0.3, 0.4) is 0 Å². The Morgan fingerprint density at radius 2 is 2.11 bits per heavy atom. The fourth-order valence-electron chi connectivity index (χ4n) is 1.42. The van der Waals surface area contributed by atoms with Gasteiger partial charge in [-0.25, -0.2) is 0 Å². The molecule has 2 amide bonds.